The van der Waals surface area contributed by atoms with Crippen LogP contribution in [0.4, 0.5) is 4.39 Å². The van der Waals surface area contributed by atoms with E-state index in [1.165, 1.54) is 5.56 Å². The summed E-state index contributed by atoms with van der Waals surface area (Å²) in [5.74, 6) is 0. The fraction of sp³-hybridized carbons (Fsp3) is 0.455. The highest BCUT2D eigenvalue weighted by molar-refractivity contribution is 9.10. The van der Waals surface area contributed by atoms with Gasteiger partial charge in [0.2, 0.25) is 0 Å². The van der Waals surface area contributed by atoms with Crippen LogP contribution in [0.5, 0.6) is 0 Å². The van der Waals surface area contributed by atoms with Gasteiger partial charge in [0.25, 0.3) is 0 Å². The number of hydrogen-bond donors (Lipinski definition) is 1. The standard InChI is InChI=1S/C11H13BrFN/c12-10-5-8(1-2-9(10)7-13)6-11(14)3-4-11/h1-2,5H,3-4,6-7,14H2. The topological polar surface area (TPSA) is 26.0 Å². The molecule has 76 valence electrons. The minimum atomic E-state index is -0.422. The summed E-state index contributed by atoms with van der Waals surface area (Å²) in [4.78, 5) is 0. The fourth-order valence-corrected chi connectivity index (χ4v) is 2.09. The molecule has 0 bridgehead atoms. The maximum absolute atomic E-state index is 12.4. The first kappa shape index (κ1) is 10.1. The third-order valence-corrected chi connectivity index (χ3v) is 3.45. The highest BCUT2D eigenvalue weighted by Crippen LogP contribution is 2.36. The summed E-state index contributed by atoms with van der Waals surface area (Å²) < 4.78 is 13.3. The average molecular weight is 258 g/mol. The molecule has 0 saturated heterocycles. The van der Waals surface area contributed by atoms with Gasteiger partial charge in [0, 0.05) is 10.0 Å². The molecule has 1 aromatic carbocycles. The van der Waals surface area contributed by atoms with Gasteiger partial charge in [0.15, 0.2) is 0 Å². The average Bonchev–Trinajstić information content (AvgIpc) is 2.84. The number of rotatable bonds is 3. The second-order valence-electron chi connectivity index (χ2n) is 4.10. The van der Waals surface area contributed by atoms with Crippen molar-refractivity contribution in [2.45, 2.75) is 31.5 Å². The molecule has 1 fully saturated rings. The summed E-state index contributed by atoms with van der Waals surface area (Å²) in [6.45, 7) is -0.422. The molecule has 0 radical (unpaired) electrons. The van der Waals surface area contributed by atoms with Gasteiger partial charge in [0.1, 0.15) is 6.67 Å². The van der Waals surface area contributed by atoms with Crippen molar-refractivity contribution in [1.29, 1.82) is 0 Å². The van der Waals surface area contributed by atoms with E-state index < -0.39 is 6.67 Å². The van der Waals surface area contributed by atoms with Crippen LogP contribution < -0.4 is 5.73 Å². The molecule has 1 aliphatic carbocycles. The molecule has 1 aromatic rings. The van der Waals surface area contributed by atoms with Crippen LogP contribution in [0.3, 0.4) is 0 Å². The van der Waals surface area contributed by atoms with Gasteiger partial charge >= 0.3 is 0 Å². The largest absolute Gasteiger partial charge is 0.325 e. The van der Waals surface area contributed by atoms with Crippen LogP contribution in [0.15, 0.2) is 22.7 Å². The first-order chi connectivity index (χ1) is 6.63. The van der Waals surface area contributed by atoms with Crippen molar-refractivity contribution in [3.05, 3.63) is 33.8 Å². The Kier molecular flexibility index (Phi) is 2.62. The summed E-state index contributed by atoms with van der Waals surface area (Å²) in [7, 11) is 0. The monoisotopic (exact) mass is 257 g/mol. The molecule has 0 atom stereocenters. The van der Waals surface area contributed by atoms with E-state index in [0.29, 0.717) is 5.56 Å². The molecular weight excluding hydrogens is 245 g/mol. The smallest absolute Gasteiger partial charge is 0.116 e. The molecule has 1 saturated carbocycles. The lowest BCUT2D eigenvalue weighted by Gasteiger charge is -2.09. The molecule has 0 unspecified atom stereocenters. The van der Waals surface area contributed by atoms with Crippen LogP contribution >= 0.6 is 15.9 Å². The number of alkyl halides is 1. The molecule has 14 heavy (non-hydrogen) atoms. The Morgan fingerprint density at radius 2 is 2.14 bits per heavy atom. The van der Waals surface area contributed by atoms with Crippen molar-refractivity contribution < 1.29 is 4.39 Å². The summed E-state index contributed by atoms with van der Waals surface area (Å²) >= 11 is 3.35. The molecular formula is C11H13BrFN. The lowest BCUT2D eigenvalue weighted by atomic mass is 10.0. The number of halogens is 2. The third-order valence-electron chi connectivity index (χ3n) is 2.71. The predicted octanol–water partition coefficient (Wildman–Crippen LogP) is 2.95. The SMILES string of the molecule is NC1(Cc2ccc(CF)c(Br)c2)CC1. The lowest BCUT2D eigenvalue weighted by Crippen LogP contribution is -2.24. The maximum Gasteiger partial charge on any atom is 0.116 e. The van der Waals surface area contributed by atoms with Crippen molar-refractivity contribution in [2.24, 2.45) is 5.73 Å². The van der Waals surface area contributed by atoms with Crippen LogP contribution in [-0.4, -0.2) is 5.54 Å². The zero-order valence-corrected chi connectivity index (χ0v) is 9.48. The first-order valence-corrected chi connectivity index (χ1v) is 5.54. The quantitative estimate of drug-likeness (QED) is 0.886. The molecule has 0 aliphatic heterocycles. The van der Waals surface area contributed by atoms with Gasteiger partial charge in [-0.2, -0.15) is 0 Å². The number of benzene rings is 1. The summed E-state index contributed by atoms with van der Waals surface area (Å²) in [5.41, 5.74) is 7.93. The Hall–Kier alpha value is -0.410. The Bertz CT molecular complexity index is 347. The van der Waals surface area contributed by atoms with Gasteiger partial charge in [-0.25, -0.2) is 4.39 Å². The molecule has 2 N–H and O–H groups in total. The normalized spacial score (nSPS) is 18.2. The lowest BCUT2D eigenvalue weighted by molar-refractivity contribution is 0.484. The van der Waals surface area contributed by atoms with E-state index in [4.69, 9.17) is 5.73 Å². The van der Waals surface area contributed by atoms with Gasteiger partial charge in [-0.1, -0.05) is 28.1 Å². The second-order valence-corrected chi connectivity index (χ2v) is 4.95. The predicted molar refractivity (Wildman–Crippen MR) is 58.8 cm³/mol. The Balaban J connectivity index is 2.15. The van der Waals surface area contributed by atoms with Crippen LogP contribution in [0, 0.1) is 0 Å². The van der Waals surface area contributed by atoms with Crippen molar-refractivity contribution in [1.82, 2.24) is 0 Å². The molecule has 0 heterocycles. The van der Waals surface area contributed by atoms with Gasteiger partial charge in [-0.3, -0.25) is 0 Å². The highest BCUT2D eigenvalue weighted by Gasteiger charge is 2.37. The van der Waals surface area contributed by atoms with Crippen LogP contribution in [-0.2, 0) is 13.1 Å². The van der Waals surface area contributed by atoms with E-state index >= 15 is 0 Å². The molecule has 0 amide bonds. The minimum Gasteiger partial charge on any atom is -0.325 e. The zero-order chi connectivity index (χ0) is 10.2. The van der Waals surface area contributed by atoms with Gasteiger partial charge in [0.05, 0.1) is 0 Å². The van der Waals surface area contributed by atoms with Crippen molar-refractivity contribution in [3.8, 4) is 0 Å². The Morgan fingerprint density at radius 3 is 2.64 bits per heavy atom. The molecule has 0 aromatic heterocycles. The molecule has 0 spiro atoms. The van der Waals surface area contributed by atoms with E-state index in [9.17, 15) is 4.39 Å². The summed E-state index contributed by atoms with van der Waals surface area (Å²) in [6, 6.07) is 5.76. The van der Waals surface area contributed by atoms with Crippen molar-refractivity contribution in [2.75, 3.05) is 0 Å². The highest BCUT2D eigenvalue weighted by atomic mass is 79.9. The number of hydrogen-bond acceptors (Lipinski definition) is 1. The fourth-order valence-electron chi connectivity index (χ4n) is 1.55. The minimum absolute atomic E-state index is 0.0245. The van der Waals surface area contributed by atoms with Crippen LogP contribution in [0.1, 0.15) is 24.0 Å². The summed E-state index contributed by atoms with van der Waals surface area (Å²) in [5, 5.41) is 0. The number of nitrogens with two attached hydrogens (primary N) is 1. The molecule has 2 rings (SSSR count). The van der Waals surface area contributed by atoms with E-state index in [1.54, 1.807) is 0 Å². The maximum atomic E-state index is 12.4. The van der Waals surface area contributed by atoms with Crippen molar-refractivity contribution in [3.63, 3.8) is 0 Å². The molecule has 1 aliphatic rings. The van der Waals surface area contributed by atoms with Gasteiger partial charge in [-0.05, 0) is 36.5 Å². The van der Waals surface area contributed by atoms with Crippen LogP contribution in [0.2, 0.25) is 0 Å². The Morgan fingerprint density at radius 1 is 1.43 bits per heavy atom. The van der Waals surface area contributed by atoms with Gasteiger partial charge < -0.3 is 5.73 Å². The summed E-state index contributed by atoms with van der Waals surface area (Å²) in [6.07, 6.45) is 3.11. The zero-order valence-electron chi connectivity index (χ0n) is 7.89. The molecule has 3 heteroatoms. The second kappa shape index (κ2) is 3.63. The van der Waals surface area contributed by atoms with E-state index in [2.05, 4.69) is 15.9 Å². The molecule has 1 nitrogen and oxygen atoms in total. The Labute approximate surface area is 91.6 Å². The van der Waals surface area contributed by atoms with Crippen molar-refractivity contribution >= 4 is 15.9 Å². The third kappa shape index (κ3) is 2.15. The van der Waals surface area contributed by atoms with E-state index in [1.807, 2.05) is 18.2 Å². The first-order valence-electron chi connectivity index (χ1n) is 4.75. The van der Waals surface area contributed by atoms with Gasteiger partial charge in [-0.15, -0.1) is 0 Å². The van der Waals surface area contributed by atoms with E-state index in [-0.39, 0.29) is 5.54 Å². The van der Waals surface area contributed by atoms with E-state index in [0.717, 1.165) is 23.7 Å². The van der Waals surface area contributed by atoms with Crippen LogP contribution in [0.25, 0.3) is 0 Å².